The molecule has 0 aromatic rings. The minimum absolute atomic E-state index is 0.153. The molecule has 5 heteroatoms. The summed E-state index contributed by atoms with van der Waals surface area (Å²) in [5.41, 5.74) is 5.56. The Labute approximate surface area is 86.2 Å². The van der Waals surface area contributed by atoms with Gasteiger partial charge in [-0.25, -0.2) is 8.42 Å². The molecule has 0 radical (unpaired) electrons. The van der Waals surface area contributed by atoms with Crippen LogP contribution in [0.15, 0.2) is 0 Å². The van der Waals surface area contributed by atoms with E-state index in [1.54, 1.807) is 0 Å². The van der Waals surface area contributed by atoms with Crippen molar-refractivity contribution in [3.63, 3.8) is 0 Å². The molecular formula is C9H20N2O2S. The third-order valence-corrected chi connectivity index (χ3v) is 4.42. The van der Waals surface area contributed by atoms with Gasteiger partial charge in [-0.1, -0.05) is 13.8 Å². The Morgan fingerprint density at radius 3 is 2.21 bits per heavy atom. The quantitative estimate of drug-likeness (QED) is 0.696. The van der Waals surface area contributed by atoms with Gasteiger partial charge in [0, 0.05) is 18.1 Å². The maximum atomic E-state index is 11.3. The summed E-state index contributed by atoms with van der Waals surface area (Å²) in [7, 11) is -2.80. The van der Waals surface area contributed by atoms with Gasteiger partial charge in [0.1, 0.15) is 9.84 Å². The molecule has 1 saturated heterocycles. The molecule has 0 saturated carbocycles. The standard InChI is InChI=1S/C9H20N2O2S/c1-8(2)11-9(7-10)3-5-14(12,13)6-4-9/h8,11H,3-7,10H2,1-2H3. The van der Waals surface area contributed by atoms with E-state index >= 15 is 0 Å². The first-order chi connectivity index (χ1) is 6.39. The maximum absolute atomic E-state index is 11.3. The molecule has 1 fully saturated rings. The molecule has 1 rings (SSSR count). The summed E-state index contributed by atoms with van der Waals surface area (Å²) in [6.45, 7) is 4.63. The average molecular weight is 220 g/mol. The van der Waals surface area contributed by atoms with Gasteiger partial charge >= 0.3 is 0 Å². The number of hydrogen-bond donors (Lipinski definition) is 2. The van der Waals surface area contributed by atoms with Gasteiger partial charge in [0.25, 0.3) is 0 Å². The van der Waals surface area contributed by atoms with Crippen molar-refractivity contribution in [2.75, 3.05) is 18.1 Å². The number of nitrogens with one attached hydrogen (secondary N) is 1. The topological polar surface area (TPSA) is 72.2 Å². The Morgan fingerprint density at radius 1 is 1.36 bits per heavy atom. The zero-order chi connectivity index (χ0) is 10.8. The van der Waals surface area contributed by atoms with Crippen molar-refractivity contribution in [2.24, 2.45) is 5.73 Å². The van der Waals surface area contributed by atoms with Crippen LogP contribution in [0, 0.1) is 0 Å². The fraction of sp³-hybridized carbons (Fsp3) is 1.00. The second-order valence-electron chi connectivity index (χ2n) is 4.44. The molecule has 84 valence electrons. The Hall–Kier alpha value is -0.130. The van der Waals surface area contributed by atoms with E-state index in [-0.39, 0.29) is 17.0 Å². The summed E-state index contributed by atoms with van der Waals surface area (Å²) in [4.78, 5) is 0. The van der Waals surface area contributed by atoms with Crippen molar-refractivity contribution in [2.45, 2.75) is 38.3 Å². The van der Waals surface area contributed by atoms with Gasteiger partial charge < -0.3 is 11.1 Å². The average Bonchev–Trinajstić information content (AvgIpc) is 2.09. The lowest BCUT2D eigenvalue weighted by atomic mass is 9.91. The predicted octanol–water partition coefficient (Wildman–Crippen LogP) is -0.109. The van der Waals surface area contributed by atoms with Gasteiger partial charge in [-0.3, -0.25) is 0 Å². The molecule has 0 bridgehead atoms. The van der Waals surface area contributed by atoms with Gasteiger partial charge in [0.2, 0.25) is 0 Å². The molecule has 0 unspecified atom stereocenters. The molecule has 0 amide bonds. The highest BCUT2D eigenvalue weighted by Crippen LogP contribution is 2.23. The van der Waals surface area contributed by atoms with E-state index in [0.717, 1.165) is 0 Å². The lowest BCUT2D eigenvalue weighted by molar-refractivity contribution is 0.279. The summed E-state index contributed by atoms with van der Waals surface area (Å²) in [5, 5.41) is 3.39. The SMILES string of the molecule is CC(C)NC1(CN)CCS(=O)(=O)CC1. The minimum Gasteiger partial charge on any atom is -0.329 e. The second kappa shape index (κ2) is 4.16. The van der Waals surface area contributed by atoms with Gasteiger partial charge in [-0.2, -0.15) is 0 Å². The molecule has 0 aromatic heterocycles. The van der Waals surface area contributed by atoms with Crippen molar-refractivity contribution in [3.8, 4) is 0 Å². The highest BCUT2D eigenvalue weighted by Gasteiger charge is 2.36. The van der Waals surface area contributed by atoms with Crippen LogP contribution in [0.2, 0.25) is 0 Å². The Morgan fingerprint density at radius 2 is 1.86 bits per heavy atom. The van der Waals surface area contributed by atoms with E-state index in [1.165, 1.54) is 0 Å². The summed E-state index contributed by atoms with van der Waals surface area (Å²) in [6.07, 6.45) is 1.29. The van der Waals surface area contributed by atoms with E-state index < -0.39 is 9.84 Å². The van der Waals surface area contributed by atoms with E-state index in [0.29, 0.717) is 25.4 Å². The predicted molar refractivity (Wildman–Crippen MR) is 57.9 cm³/mol. The molecule has 0 aliphatic carbocycles. The Bertz CT molecular complexity index is 271. The monoisotopic (exact) mass is 220 g/mol. The van der Waals surface area contributed by atoms with Crippen molar-refractivity contribution >= 4 is 9.84 Å². The van der Waals surface area contributed by atoms with Crippen LogP contribution in [0.3, 0.4) is 0 Å². The zero-order valence-corrected chi connectivity index (χ0v) is 9.73. The van der Waals surface area contributed by atoms with Crippen molar-refractivity contribution in [1.29, 1.82) is 0 Å². The number of nitrogens with two attached hydrogens (primary N) is 1. The highest BCUT2D eigenvalue weighted by molar-refractivity contribution is 7.91. The van der Waals surface area contributed by atoms with Crippen molar-refractivity contribution in [1.82, 2.24) is 5.32 Å². The second-order valence-corrected chi connectivity index (χ2v) is 6.74. The van der Waals surface area contributed by atoms with Gasteiger partial charge in [-0.15, -0.1) is 0 Å². The van der Waals surface area contributed by atoms with Crippen LogP contribution in [0.4, 0.5) is 0 Å². The largest absolute Gasteiger partial charge is 0.329 e. The highest BCUT2D eigenvalue weighted by atomic mass is 32.2. The Balaban J connectivity index is 2.66. The molecule has 0 atom stereocenters. The first-order valence-corrected chi connectivity index (χ1v) is 6.89. The summed E-state index contributed by atoms with van der Waals surface area (Å²) in [6, 6.07) is 0.347. The summed E-state index contributed by atoms with van der Waals surface area (Å²) in [5.74, 6) is 0.536. The first-order valence-electron chi connectivity index (χ1n) is 5.07. The number of sulfone groups is 1. The lowest BCUT2D eigenvalue weighted by Crippen LogP contribution is -2.57. The van der Waals surface area contributed by atoms with Crippen molar-refractivity contribution < 1.29 is 8.42 Å². The molecule has 0 aromatic carbocycles. The minimum atomic E-state index is -2.80. The molecule has 1 aliphatic rings. The maximum Gasteiger partial charge on any atom is 0.150 e. The van der Waals surface area contributed by atoms with Crippen LogP contribution in [-0.4, -0.2) is 38.0 Å². The first kappa shape index (κ1) is 11.9. The molecule has 14 heavy (non-hydrogen) atoms. The van der Waals surface area contributed by atoms with Crippen LogP contribution < -0.4 is 11.1 Å². The van der Waals surface area contributed by atoms with E-state index in [1.807, 2.05) is 0 Å². The van der Waals surface area contributed by atoms with Gasteiger partial charge in [0.05, 0.1) is 11.5 Å². The summed E-state index contributed by atoms with van der Waals surface area (Å²) >= 11 is 0. The fourth-order valence-electron chi connectivity index (χ4n) is 1.95. The van der Waals surface area contributed by atoms with Crippen LogP contribution in [0.25, 0.3) is 0 Å². The third-order valence-electron chi connectivity index (χ3n) is 2.77. The molecular weight excluding hydrogens is 200 g/mol. The van der Waals surface area contributed by atoms with E-state index in [9.17, 15) is 8.42 Å². The zero-order valence-electron chi connectivity index (χ0n) is 8.91. The van der Waals surface area contributed by atoms with E-state index in [4.69, 9.17) is 5.73 Å². The summed E-state index contributed by atoms with van der Waals surface area (Å²) < 4.78 is 22.5. The smallest absolute Gasteiger partial charge is 0.150 e. The van der Waals surface area contributed by atoms with Crippen molar-refractivity contribution in [3.05, 3.63) is 0 Å². The van der Waals surface area contributed by atoms with Crippen LogP contribution in [0.1, 0.15) is 26.7 Å². The van der Waals surface area contributed by atoms with Crippen LogP contribution in [-0.2, 0) is 9.84 Å². The molecule has 3 N–H and O–H groups in total. The van der Waals surface area contributed by atoms with Crippen LogP contribution >= 0.6 is 0 Å². The Kier molecular flexibility index (Phi) is 3.55. The molecule has 1 heterocycles. The number of rotatable bonds is 3. The van der Waals surface area contributed by atoms with Crippen LogP contribution in [0.5, 0.6) is 0 Å². The lowest BCUT2D eigenvalue weighted by Gasteiger charge is -2.38. The third kappa shape index (κ3) is 2.93. The normalized spacial score (nSPS) is 25.1. The molecule has 4 nitrogen and oxygen atoms in total. The van der Waals surface area contributed by atoms with Gasteiger partial charge in [0.15, 0.2) is 0 Å². The fourth-order valence-corrected chi connectivity index (χ4v) is 3.56. The number of hydrogen-bond acceptors (Lipinski definition) is 4. The van der Waals surface area contributed by atoms with Gasteiger partial charge in [-0.05, 0) is 12.8 Å². The molecule has 0 spiro atoms. The molecule has 1 aliphatic heterocycles. The van der Waals surface area contributed by atoms with E-state index in [2.05, 4.69) is 19.2 Å².